The molecule has 2 N–H and O–H groups in total. The van der Waals surface area contributed by atoms with E-state index in [-0.39, 0.29) is 19.1 Å². The number of aromatic nitrogens is 2. The smallest absolute Gasteiger partial charge is 0.387 e. The fourth-order valence-corrected chi connectivity index (χ4v) is 3.07. The number of benzene rings is 2. The number of nitrogens with one attached hydrogen (secondary N) is 2. The molecule has 0 atom stereocenters. The lowest BCUT2D eigenvalue weighted by atomic mass is 10.1. The zero-order valence-electron chi connectivity index (χ0n) is 16.7. The zero-order valence-corrected chi connectivity index (χ0v) is 16.7. The van der Waals surface area contributed by atoms with Crippen LogP contribution in [0, 0.1) is 0 Å². The molecule has 0 saturated carbocycles. The molecular formula is C21H21F2N5O3. The summed E-state index contributed by atoms with van der Waals surface area (Å²) in [6.45, 7) is -2.23. The average Bonchev–Trinajstić information content (AvgIpc) is 3.43. The molecule has 162 valence electrons. The lowest BCUT2D eigenvalue weighted by molar-refractivity contribution is -0.0505. The van der Waals surface area contributed by atoms with Gasteiger partial charge in [-0.05, 0) is 18.2 Å². The van der Waals surface area contributed by atoms with Gasteiger partial charge in [0.25, 0.3) is 0 Å². The first-order valence-corrected chi connectivity index (χ1v) is 9.53. The second-order valence-corrected chi connectivity index (χ2v) is 6.60. The first kappa shape index (κ1) is 20.5. The molecule has 31 heavy (non-hydrogen) atoms. The molecule has 4 rings (SSSR count). The highest BCUT2D eigenvalue weighted by molar-refractivity contribution is 5.79. The molecule has 0 unspecified atom stereocenters. The van der Waals surface area contributed by atoms with Crippen LogP contribution in [0.2, 0.25) is 0 Å². The Morgan fingerprint density at radius 2 is 1.90 bits per heavy atom. The number of aliphatic imine (C=N–C) groups is 1. The van der Waals surface area contributed by atoms with Crippen molar-refractivity contribution in [3.05, 3.63) is 66.0 Å². The maximum atomic E-state index is 12.8. The Morgan fingerprint density at radius 1 is 1.16 bits per heavy atom. The summed E-state index contributed by atoms with van der Waals surface area (Å²) in [4.78, 5) is 4.17. The van der Waals surface area contributed by atoms with Gasteiger partial charge in [-0.25, -0.2) is 4.68 Å². The molecule has 0 bridgehead atoms. The number of alkyl halides is 2. The highest BCUT2D eigenvalue weighted by Gasteiger charge is 2.20. The minimum atomic E-state index is -2.95. The molecule has 10 heteroatoms. The Balaban J connectivity index is 1.38. The van der Waals surface area contributed by atoms with Crippen molar-refractivity contribution >= 4 is 5.96 Å². The van der Waals surface area contributed by atoms with Crippen LogP contribution in [0.25, 0.3) is 5.69 Å². The van der Waals surface area contributed by atoms with Crippen molar-refractivity contribution in [3.63, 3.8) is 0 Å². The fraction of sp³-hybridized carbons (Fsp3) is 0.238. The topological polar surface area (TPSA) is 81.9 Å². The summed E-state index contributed by atoms with van der Waals surface area (Å²) in [5, 5.41) is 10.6. The number of rotatable bonds is 7. The maximum absolute atomic E-state index is 12.8. The Hall–Kier alpha value is -3.82. The van der Waals surface area contributed by atoms with Crippen LogP contribution in [-0.2, 0) is 13.1 Å². The van der Waals surface area contributed by atoms with Crippen LogP contribution < -0.4 is 24.8 Å². The molecule has 0 fully saturated rings. The number of guanidine groups is 1. The van der Waals surface area contributed by atoms with Crippen LogP contribution in [0.4, 0.5) is 8.78 Å². The van der Waals surface area contributed by atoms with E-state index in [1.165, 1.54) is 6.07 Å². The highest BCUT2D eigenvalue weighted by Crippen LogP contribution is 2.38. The SMILES string of the molecule is CN=C(NCc1cnn(-c2ccccc2)c1)NCc1cc2c(cc1OC(F)F)OCO2. The van der Waals surface area contributed by atoms with Crippen molar-refractivity contribution in [1.29, 1.82) is 0 Å². The number of nitrogens with zero attached hydrogens (tertiary/aromatic N) is 3. The minimum absolute atomic E-state index is 0.0198. The summed E-state index contributed by atoms with van der Waals surface area (Å²) in [6, 6.07) is 12.8. The van der Waals surface area contributed by atoms with Gasteiger partial charge in [0, 0.05) is 43.5 Å². The van der Waals surface area contributed by atoms with Crippen LogP contribution in [0.3, 0.4) is 0 Å². The third-order valence-electron chi connectivity index (χ3n) is 4.56. The summed E-state index contributed by atoms with van der Waals surface area (Å²) >= 11 is 0. The van der Waals surface area contributed by atoms with E-state index in [1.807, 2.05) is 36.5 Å². The van der Waals surface area contributed by atoms with E-state index in [4.69, 9.17) is 9.47 Å². The molecule has 2 aromatic carbocycles. The summed E-state index contributed by atoms with van der Waals surface area (Å²) in [6.07, 6.45) is 3.68. The van der Waals surface area contributed by atoms with Crippen LogP contribution in [0.5, 0.6) is 17.2 Å². The first-order valence-electron chi connectivity index (χ1n) is 9.53. The molecule has 2 heterocycles. The molecule has 1 aliphatic rings. The van der Waals surface area contributed by atoms with Crippen molar-refractivity contribution in [2.24, 2.45) is 4.99 Å². The quantitative estimate of drug-likeness (QED) is 0.444. The van der Waals surface area contributed by atoms with Crippen molar-refractivity contribution in [2.45, 2.75) is 19.7 Å². The van der Waals surface area contributed by atoms with Crippen molar-refractivity contribution < 1.29 is 23.0 Å². The van der Waals surface area contributed by atoms with E-state index in [0.717, 1.165) is 11.3 Å². The van der Waals surface area contributed by atoms with Crippen LogP contribution in [-0.4, -0.2) is 36.2 Å². The summed E-state index contributed by atoms with van der Waals surface area (Å²) < 4.78 is 42.6. The molecule has 1 aliphatic heterocycles. The average molecular weight is 429 g/mol. The van der Waals surface area contributed by atoms with Gasteiger partial charge in [-0.15, -0.1) is 0 Å². The predicted molar refractivity (Wildman–Crippen MR) is 110 cm³/mol. The van der Waals surface area contributed by atoms with Gasteiger partial charge in [-0.1, -0.05) is 18.2 Å². The maximum Gasteiger partial charge on any atom is 0.387 e. The fourth-order valence-electron chi connectivity index (χ4n) is 3.07. The normalized spacial score (nSPS) is 12.8. The third-order valence-corrected chi connectivity index (χ3v) is 4.56. The number of fused-ring (bicyclic) bond motifs is 1. The van der Waals surface area contributed by atoms with Gasteiger partial charge >= 0.3 is 6.61 Å². The van der Waals surface area contributed by atoms with E-state index < -0.39 is 6.61 Å². The number of hydrogen-bond donors (Lipinski definition) is 2. The van der Waals surface area contributed by atoms with E-state index >= 15 is 0 Å². The largest absolute Gasteiger partial charge is 0.454 e. The second-order valence-electron chi connectivity index (χ2n) is 6.60. The van der Waals surface area contributed by atoms with Crippen LogP contribution in [0.1, 0.15) is 11.1 Å². The molecule has 0 spiro atoms. The second kappa shape index (κ2) is 9.33. The molecule has 8 nitrogen and oxygen atoms in total. The molecular weight excluding hydrogens is 408 g/mol. The van der Waals surface area contributed by atoms with Gasteiger partial charge in [0.15, 0.2) is 17.5 Å². The molecule has 1 aromatic heterocycles. The number of hydrogen-bond acceptors (Lipinski definition) is 5. The van der Waals surface area contributed by atoms with Crippen molar-refractivity contribution in [3.8, 4) is 22.9 Å². The van der Waals surface area contributed by atoms with Crippen LogP contribution >= 0.6 is 0 Å². The first-order chi connectivity index (χ1) is 15.1. The molecule has 0 saturated heterocycles. The summed E-state index contributed by atoms with van der Waals surface area (Å²) in [5.41, 5.74) is 2.41. The van der Waals surface area contributed by atoms with Crippen molar-refractivity contribution in [1.82, 2.24) is 20.4 Å². The van der Waals surface area contributed by atoms with E-state index in [2.05, 4.69) is 25.5 Å². The van der Waals surface area contributed by atoms with E-state index in [0.29, 0.717) is 29.6 Å². The zero-order chi connectivity index (χ0) is 21.6. The third kappa shape index (κ3) is 5.03. The Bertz CT molecular complexity index is 1060. The van der Waals surface area contributed by atoms with E-state index in [1.54, 1.807) is 24.0 Å². The Kier molecular flexibility index (Phi) is 6.16. The molecule has 0 radical (unpaired) electrons. The standard InChI is InChI=1S/C21H21F2N5O3/c1-24-21(25-9-14-10-27-28(12-14)16-5-3-2-4-6-16)26-11-15-7-18-19(30-13-29-18)8-17(15)31-20(22)23/h2-8,10,12,20H,9,11,13H2,1H3,(H2,24,25,26). The summed E-state index contributed by atoms with van der Waals surface area (Å²) in [7, 11) is 1.62. The van der Waals surface area contributed by atoms with Gasteiger partial charge in [-0.2, -0.15) is 13.9 Å². The predicted octanol–water partition coefficient (Wildman–Crippen LogP) is 3.07. The summed E-state index contributed by atoms with van der Waals surface area (Å²) in [5.74, 6) is 1.37. The highest BCUT2D eigenvalue weighted by atomic mass is 19.3. The number of halogens is 2. The molecule has 0 amide bonds. The van der Waals surface area contributed by atoms with Gasteiger partial charge in [0.2, 0.25) is 6.79 Å². The monoisotopic (exact) mass is 429 g/mol. The van der Waals surface area contributed by atoms with Gasteiger partial charge in [0.1, 0.15) is 5.75 Å². The lowest BCUT2D eigenvalue weighted by Gasteiger charge is -2.15. The number of para-hydroxylation sites is 1. The molecule has 0 aliphatic carbocycles. The lowest BCUT2D eigenvalue weighted by Crippen LogP contribution is -2.36. The van der Waals surface area contributed by atoms with Gasteiger partial charge in [0.05, 0.1) is 11.9 Å². The number of ether oxygens (including phenoxy) is 3. The Morgan fingerprint density at radius 3 is 2.65 bits per heavy atom. The minimum Gasteiger partial charge on any atom is -0.454 e. The van der Waals surface area contributed by atoms with Gasteiger partial charge in [-0.3, -0.25) is 4.99 Å². The van der Waals surface area contributed by atoms with Crippen LogP contribution in [0.15, 0.2) is 59.9 Å². The van der Waals surface area contributed by atoms with E-state index in [9.17, 15) is 8.78 Å². The molecule has 3 aromatic rings. The van der Waals surface area contributed by atoms with Gasteiger partial charge < -0.3 is 24.8 Å². The Labute approximate surface area is 177 Å². The van der Waals surface area contributed by atoms with Crippen molar-refractivity contribution in [2.75, 3.05) is 13.8 Å².